The highest BCUT2D eigenvalue weighted by molar-refractivity contribution is 5.78. The van der Waals surface area contributed by atoms with Gasteiger partial charge in [-0.2, -0.15) is 15.1 Å². The van der Waals surface area contributed by atoms with Crippen LogP contribution in [0.1, 0.15) is 44.7 Å². The summed E-state index contributed by atoms with van der Waals surface area (Å²) in [6.45, 7) is 4.51. The molecule has 2 aromatic rings. The average molecular weight is 445 g/mol. The highest BCUT2D eigenvalue weighted by atomic mass is 16.5. The predicted octanol–water partition coefficient (Wildman–Crippen LogP) is 2.37. The molecular formula is C22H36N8O2. The van der Waals surface area contributed by atoms with Gasteiger partial charge in [0, 0.05) is 37.0 Å². The van der Waals surface area contributed by atoms with Crippen LogP contribution in [0, 0.1) is 12.8 Å². The Balaban J connectivity index is 1.81. The van der Waals surface area contributed by atoms with Crippen molar-refractivity contribution in [2.24, 2.45) is 5.92 Å². The van der Waals surface area contributed by atoms with E-state index in [-0.39, 0.29) is 18.0 Å². The van der Waals surface area contributed by atoms with Crippen LogP contribution in [0.4, 0.5) is 17.6 Å². The van der Waals surface area contributed by atoms with Crippen LogP contribution in [-0.2, 0) is 4.79 Å². The number of methoxy groups -OCH3 is 1. The Bertz CT molecular complexity index is 887. The summed E-state index contributed by atoms with van der Waals surface area (Å²) in [5.41, 5.74) is 0.960. The Morgan fingerprint density at radius 2 is 2.06 bits per heavy atom. The second-order valence-corrected chi connectivity index (χ2v) is 8.54. The van der Waals surface area contributed by atoms with E-state index in [4.69, 9.17) is 9.72 Å². The minimum absolute atomic E-state index is 0.0345. The molecule has 1 aliphatic carbocycles. The van der Waals surface area contributed by atoms with Crippen molar-refractivity contribution >= 4 is 23.5 Å². The molecule has 0 spiro atoms. The number of likely N-dealkylation sites (N-methyl/N-ethyl adjacent to an activating group) is 1. The summed E-state index contributed by atoms with van der Waals surface area (Å²) in [6.07, 6.45) is 5.10. The number of carbonyl (C=O) groups is 1. The zero-order valence-corrected chi connectivity index (χ0v) is 19.7. The fraction of sp³-hybridized carbons (Fsp3) is 0.636. The number of rotatable bonds is 9. The number of H-pyrrole nitrogens is 1. The van der Waals surface area contributed by atoms with Gasteiger partial charge < -0.3 is 25.6 Å². The molecule has 1 saturated carbocycles. The molecule has 2 aromatic heterocycles. The molecule has 32 heavy (non-hydrogen) atoms. The molecule has 3 rings (SSSR count). The highest BCUT2D eigenvalue weighted by Crippen LogP contribution is 2.31. The number of aromatic amines is 1. The number of aryl methyl sites for hydroxylation is 1. The number of amides is 1. The van der Waals surface area contributed by atoms with Gasteiger partial charge in [-0.25, -0.2) is 0 Å². The van der Waals surface area contributed by atoms with E-state index in [0.29, 0.717) is 35.9 Å². The van der Waals surface area contributed by atoms with Gasteiger partial charge in [-0.15, -0.1) is 0 Å². The van der Waals surface area contributed by atoms with Crippen molar-refractivity contribution in [3.8, 4) is 5.88 Å². The molecule has 0 aromatic carbocycles. The molecule has 0 saturated heterocycles. The summed E-state index contributed by atoms with van der Waals surface area (Å²) in [5.74, 6) is 3.00. The Kier molecular flexibility index (Phi) is 8.26. The van der Waals surface area contributed by atoms with E-state index in [2.05, 4.69) is 43.0 Å². The van der Waals surface area contributed by atoms with Gasteiger partial charge in [-0.3, -0.25) is 9.89 Å². The first-order valence-corrected chi connectivity index (χ1v) is 11.3. The van der Waals surface area contributed by atoms with Crippen molar-refractivity contribution in [2.45, 2.75) is 58.0 Å². The lowest BCUT2D eigenvalue weighted by Crippen LogP contribution is -2.43. The standard InChI is InChI=1S/C22H36N8O2/c1-6-15-7-8-16(24-20(31)13-23-3)11-17(10-15)30(4)22-26-18(12-21(27-22)32-5)25-19-9-14(2)28-29-19/h9,12,15-17,23H,6-8,10-11,13H2,1-5H3,(H,24,31)(H2,25,26,27,28,29). The molecule has 2 heterocycles. The van der Waals surface area contributed by atoms with Crippen LogP contribution >= 0.6 is 0 Å². The van der Waals surface area contributed by atoms with E-state index in [0.717, 1.165) is 37.8 Å². The lowest BCUT2D eigenvalue weighted by atomic mass is 9.95. The topological polar surface area (TPSA) is 120 Å². The van der Waals surface area contributed by atoms with Gasteiger partial charge in [0.05, 0.1) is 13.7 Å². The minimum Gasteiger partial charge on any atom is -0.481 e. The SMILES string of the molecule is CCC1CCC(NC(=O)CNC)CC(N(C)c2nc(Nc3cc(C)[nH]n3)cc(OC)n2)C1. The summed E-state index contributed by atoms with van der Waals surface area (Å²) in [5, 5.41) is 16.5. The number of nitrogens with zero attached hydrogens (tertiary/aromatic N) is 4. The minimum atomic E-state index is 0.0345. The Labute approximate surface area is 189 Å². The maximum Gasteiger partial charge on any atom is 0.234 e. The van der Waals surface area contributed by atoms with Crippen LogP contribution in [0.25, 0.3) is 0 Å². The second-order valence-electron chi connectivity index (χ2n) is 8.54. The first kappa shape index (κ1) is 23.8. The van der Waals surface area contributed by atoms with Gasteiger partial charge in [0.15, 0.2) is 5.82 Å². The fourth-order valence-electron chi connectivity index (χ4n) is 4.26. The van der Waals surface area contributed by atoms with Crippen molar-refractivity contribution in [1.82, 2.24) is 30.8 Å². The number of nitrogens with one attached hydrogen (secondary N) is 4. The predicted molar refractivity (Wildman–Crippen MR) is 125 cm³/mol. The first-order valence-electron chi connectivity index (χ1n) is 11.3. The number of hydrogen-bond acceptors (Lipinski definition) is 8. The maximum absolute atomic E-state index is 12.2. The van der Waals surface area contributed by atoms with E-state index >= 15 is 0 Å². The van der Waals surface area contributed by atoms with Gasteiger partial charge in [-0.05, 0) is 45.6 Å². The number of ether oxygens (including phenoxy) is 1. The van der Waals surface area contributed by atoms with E-state index in [1.165, 1.54) is 0 Å². The van der Waals surface area contributed by atoms with Gasteiger partial charge in [0.25, 0.3) is 0 Å². The quantitative estimate of drug-likeness (QED) is 0.435. The van der Waals surface area contributed by atoms with E-state index in [1.54, 1.807) is 20.2 Å². The molecule has 3 unspecified atom stereocenters. The van der Waals surface area contributed by atoms with Crippen LogP contribution in [0.3, 0.4) is 0 Å². The molecule has 0 bridgehead atoms. The Hall–Kier alpha value is -2.88. The van der Waals surface area contributed by atoms with Crippen molar-refractivity contribution in [2.75, 3.05) is 38.0 Å². The highest BCUT2D eigenvalue weighted by Gasteiger charge is 2.30. The summed E-state index contributed by atoms with van der Waals surface area (Å²) in [7, 11) is 5.40. The molecule has 1 fully saturated rings. The summed E-state index contributed by atoms with van der Waals surface area (Å²) >= 11 is 0. The maximum atomic E-state index is 12.2. The first-order chi connectivity index (χ1) is 15.4. The van der Waals surface area contributed by atoms with Gasteiger partial charge in [-0.1, -0.05) is 13.3 Å². The van der Waals surface area contributed by atoms with Crippen LogP contribution in [-0.4, -0.2) is 65.9 Å². The third-order valence-corrected chi connectivity index (χ3v) is 6.09. The van der Waals surface area contributed by atoms with Crippen LogP contribution < -0.4 is 25.6 Å². The molecule has 0 aliphatic heterocycles. The average Bonchev–Trinajstić information content (AvgIpc) is 3.07. The Morgan fingerprint density at radius 1 is 1.25 bits per heavy atom. The van der Waals surface area contributed by atoms with E-state index < -0.39 is 0 Å². The van der Waals surface area contributed by atoms with E-state index in [1.807, 2.05) is 20.0 Å². The molecule has 10 nitrogen and oxygen atoms in total. The van der Waals surface area contributed by atoms with Gasteiger partial charge in [0.2, 0.25) is 17.7 Å². The molecular weight excluding hydrogens is 408 g/mol. The van der Waals surface area contributed by atoms with Crippen molar-refractivity contribution in [3.05, 3.63) is 17.8 Å². The summed E-state index contributed by atoms with van der Waals surface area (Å²) in [4.78, 5) is 23.6. The third-order valence-electron chi connectivity index (χ3n) is 6.09. The monoisotopic (exact) mass is 444 g/mol. The molecule has 10 heteroatoms. The van der Waals surface area contributed by atoms with Crippen LogP contribution in [0.5, 0.6) is 5.88 Å². The van der Waals surface area contributed by atoms with Gasteiger partial charge in [0.1, 0.15) is 5.82 Å². The van der Waals surface area contributed by atoms with E-state index in [9.17, 15) is 4.79 Å². The molecule has 3 atom stereocenters. The summed E-state index contributed by atoms with van der Waals surface area (Å²) < 4.78 is 5.43. The smallest absolute Gasteiger partial charge is 0.234 e. The fourth-order valence-corrected chi connectivity index (χ4v) is 4.26. The zero-order chi connectivity index (χ0) is 23.1. The van der Waals surface area contributed by atoms with Crippen molar-refractivity contribution in [1.29, 1.82) is 0 Å². The number of hydrogen-bond donors (Lipinski definition) is 4. The molecule has 0 radical (unpaired) electrons. The molecule has 176 valence electrons. The second kappa shape index (κ2) is 11.1. The lowest BCUT2D eigenvalue weighted by molar-refractivity contribution is -0.120. The van der Waals surface area contributed by atoms with Crippen molar-refractivity contribution in [3.63, 3.8) is 0 Å². The zero-order valence-electron chi connectivity index (χ0n) is 19.7. The normalized spacial score (nSPS) is 21.0. The third kappa shape index (κ3) is 6.32. The van der Waals surface area contributed by atoms with Crippen LogP contribution in [0.15, 0.2) is 12.1 Å². The molecule has 1 amide bonds. The molecule has 4 N–H and O–H groups in total. The lowest BCUT2D eigenvalue weighted by Gasteiger charge is -2.31. The summed E-state index contributed by atoms with van der Waals surface area (Å²) in [6, 6.07) is 4.00. The number of aromatic nitrogens is 4. The number of carbonyl (C=O) groups excluding carboxylic acids is 1. The van der Waals surface area contributed by atoms with Crippen LogP contribution in [0.2, 0.25) is 0 Å². The largest absolute Gasteiger partial charge is 0.481 e. The van der Waals surface area contributed by atoms with Crippen molar-refractivity contribution < 1.29 is 9.53 Å². The Morgan fingerprint density at radius 3 is 2.72 bits per heavy atom. The van der Waals surface area contributed by atoms with Gasteiger partial charge >= 0.3 is 0 Å². The molecule has 1 aliphatic rings. The number of anilines is 3.